The van der Waals surface area contributed by atoms with Crippen LogP contribution in [0, 0.1) is 0 Å². The average Bonchev–Trinajstić information content (AvgIpc) is 2.90. The van der Waals surface area contributed by atoms with Crippen molar-refractivity contribution in [3.63, 3.8) is 0 Å². The van der Waals surface area contributed by atoms with Crippen molar-refractivity contribution in [2.75, 3.05) is 12.9 Å². The topological polar surface area (TPSA) is 81.8 Å². The van der Waals surface area contributed by atoms with E-state index in [4.69, 9.17) is 10.5 Å². The van der Waals surface area contributed by atoms with E-state index in [0.717, 1.165) is 15.6 Å². The number of ether oxygens (including phenoxy) is 1. The van der Waals surface area contributed by atoms with Gasteiger partial charge in [-0.2, -0.15) is 0 Å². The molecule has 2 aromatic rings. The average molecular weight is 395 g/mol. The quantitative estimate of drug-likeness (QED) is 0.866. The van der Waals surface area contributed by atoms with Gasteiger partial charge >= 0.3 is 0 Å². The van der Waals surface area contributed by atoms with Crippen molar-refractivity contribution in [1.29, 1.82) is 0 Å². The van der Waals surface area contributed by atoms with Gasteiger partial charge in [0.25, 0.3) is 6.02 Å². The van der Waals surface area contributed by atoms with Crippen molar-refractivity contribution in [2.45, 2.75) is 10.4 Å². The van der Waals surface area contributed by atoms with Gasteiger partial charge in [-0.3, -0.25) is 0 Å². The second kappa shape index (κ2) is 5.65. The van der Waals surface area contributed by atoms with Gasteiger partial charge in [-0.05, 0) is 35.4 Å². The van der Waals surface area contributed by atoms with Crippen LogP contribution in [0.4, 0.5) is 0 Å². The number of halogens is 1. The van der Waals surface area contributed by atoms with E-state index in [1.807, 2.05) is 24.3 Å². The number of hydrogen-bond acceptors (Lipinski definition) is 5. The summed E-state index contributed by atoms with van der Waals surface area (Å²) in [6.45, 7) is 0.271. The lowest BCUT2D eigenvalue weighted by atomic mass is 9.84. The third-order valence-corrected chi connectivity index (χ3v) is 5.41. The minimum atomic E-state index is -3.24. The summed E-state index contributed by atoms with van der Waals surface area (Å²) in [5.74, 6) is 0. The summed E-state index contributed by atoms with van der Waals surface area (Å²) in [6.07, 6.45) is 1.18. The monoisotopic (exact) mass is 394 g/mol. The first-order valence-corrected chi connectivity index (χ1v) is 9.54. The summed E-state index contributed by atoms with van der Waals surface area (Å²) < 4.78 is 29.6. The summed E-state index contributed by atoms with van der Waals surface area (Å²) in [6, 6.07) is 14.5. The van der Waals surface area contributed by atoms with Crippen LogP contribution in [-0.4, -0.2) is 27.3 Å². The molecule has 0 fully saturated rings. The number of amidine groups is 1. The molecule has 120 valence electrons. The lowest BCUT2D eigenvalue weighted by molar-refractivity contribution is 0.278. The van der Waals surface area contributed by atoms with Gasteiger partial charge < -0.3 is 10.5 Å². The molecule has 0 radical (unpaired) electrons. The Bertz CT molecular complexity index is 878. The van der Waals surface area contributed by atoms with E-state index in [1.54, 1.807) is 24.3 Å². The fourth-order valence-electron chi connectivity index (χ4n) is 2.62. The van der Waals surface area contributed by atoms with Crippen molar-refractivity contribution in [2.24, 2.45) is 10.7 Å². The number of aliphatic imine (C=N–C) groups is 1. The molecule has 1 aliphatic rings. The molecule has 0 amide bonds. The number of hydrogen-bond donors (Lipinski definition) is 1. The molecule has 0 bridgehead atoms. The van der Waals surface area contributed by atoms with E-state index in [-0.39, 0.29) is 17.5 Å². The molecule has 3 rings (SSSR count). The fraction of sp³-hybridized carbons (Fsp3) is 0.188. The Morgan fingerprint density at radius 3 is 2.39 bits per heavy atom. The highest BCUT2D eigenvalue weighted by atomic mass is 79.9. The minimum Gasteiger partial charge on any atom is -0.462 e. The molecule has 5 nitrogen and oxygen atoms in total. The summed E-state index contributed by atoms with van der Waals surface area (Å²) in [7, 11) is -3.24. The van der Waals surface area contributed by atoms with Crippen LogP contribution >= 0.6 is 15.9 Å². The Kier molecular flexibility index (Phi) is 3.93. The molecule has 1 heterocycles. The number of nitrogens with zero attached hydrogens (tertiary/aromatic N) is 1. The lowest BCUT2D eigenvalue weighted by Crippen LogP contribution is -2.27. The molecule has 0 saturated carbocycles. The highest BCUT2D eigenvalue weighted by Gasteiger charge is 2.40. The summed E-state index contributed by atoms with van der Waals surface area (Å²) in [5, 5.41) is 0. The maximum atomic E-state index is 11.6. The Morgan fingerprint density at radius 1 is 1.17 bits per heavy atom. The van der Waals surface area contributed by atoms with Gasteiger partial charge in [-0.25, -0.2) is 13.4 Å². The van der Waals surface area contributed by atoms with Crippen molar-refractivity contribution in [3.8, 4) is 0 Å². The predicted molar refractivity (Wildman–Crippen MR) is 92.0 cm³/mol. The zero-order valence-corrected chi connectivity index (χ0v) is 14.8. The summed E-state index contributed by atoms with van der Waals surface area (Å²) in [4.78, 5) is 4.76. The van der Waals surface area contributed by atoms with E-state index in [2.05, 4.69) is 20.9 Å². The van der Waals surface area contributed by atoms with E-state index >= 15 is 0 Å². The number of sulfone groups is 1. The predicted octanol–water partition coefficient (Wildman–Crippen LogP) is 2.44. The maximum absolute atomic E-state index is 11.6. The molecule has 1 atom stereocenters. The standard InChI is InChI=1S/C16H15BrN2O3S/c1-23(20,21)14-7-5-11(6-8-14)16(10-22-15(18)19-16)12-3-2-4-13(17)9-12/h2-9H,10H2,1H3,(H2,18,19). The second-order valence-corrected chi connectivity index (χ2v) is 8.34. The van der Waals surface area contributed by atoms with Gasteiger partial charge in [-0.15, -0.1) is 0 Å². The van der Waals surface area contributed by atoms with E-state index in [9.17, 15) is 8.42 Å². The first kappa shape index (κ1) is 16.0. The minimum absolute atomic E-state index is 0.122. The lowest BCUT2D eigenvalue weighted by Gasteiger charge is -2.25. The van der Waals surface area contributed by atoms with Crippen molar-refractivity contribution in [3.05, 3.63) is 64.1 Å². The van der Waals surface area contributed by atoms with Gasteiger partial charge in [-0.1, -0.05) is 40.2 Å². The Balaban J connectivity index is 2.15. The molecule has 23 heavy (non-hydrogen) atoms. The molecular weight excluding hydrogens is 380 g/mol. The number of rotatable bonds is 3. The van der Waals surface area contributed by atoms with Crippen LogP contribution in [0.25, 0.3) is 0 Å². The molecule has 0 aliphatic carbocycles. The van der Waals surface area contributed by atoms with E-state index in [0.29, 0.717) is 0 Å². The van der Waals surface area contributed by atoms with Gasteiger partial charge in [0.15, 0.2) is 15.4 Å². The summed E-state index contributed by atoms with van der Waals surface area (Å²) >= 11 is 3.46. The van der Waals surface area contributed by atoms with Crippen LogP contribution in [0.2, 0.25) is 0 Å². The Hall–Kier alpha value is -1.86. The third kappa shape index (κ3) is 2.98. The number of benzene rings is 2. The zero-order valence-electron chi connectivity index (χ0n) is 12.4. The van der Waals surface area contributed by atoms with E-state index in [1.165, 1.54) is 6.26 Å². The van der Waals surface area contributed by atoms with Gasteiger partial charge in [0.1, 0.15) is 6.61 Å². The largest absolute Gasteiger partial charge is 0.462 e. The zero-order chi connectivity index (χ0) is 16.7. The van der Waals surface area contributed by atoms with Crippen LogP contribution in [0.5, 0.6) is 0 Å². The van der Waals surface area contributed by atoms with Gasteiger partial charge in [0, 0.05) is 10.7 Å². The SMILES string of the molecule is CS(=O)(=O)c1ccc(C2(c3cccc(Br)c3)COC(N)=N2)cc1. The van der Waals surface area contributed by atoms with Gasteiger partial charge in [0.2, 0.25) is 0 Å². The van der Waals surface area contributed by atoms with Crippen LogP contribution in [-0.2, 0) is 20.1 Å². The van der Waals surface area contributed by atoms with E-state index < -0.39 is 15.4 Å². The molecule has 0 spiro atoms. The molecule has 2 aromatic carbocycles. The molecule has 7 heteroatoms. The van der Waals surface area contributed by atoms with Crippen molar-refractivity contribution >= 4 is 31.8 Å². The van der Waals surface area contributed by atoms with Crippen LogP contribution in [0.1, 0.15) is 11.1 Å². The first-order chi connectivity index (χ1) is 10.8. The smallest absolute Gasteiger partial charge is 0.283 e. The van der Waals surface area contributed by atoms with Gasteiger partial charge in [0.05, 0.1) is 4.90 Å². The first-order valence-electron chi connectivity index (χ1n) is 6.86. The molecule has 2 N–H and O–H groups in total. The third-order valence-electron chi connectivity index (χ3n) is 3.79. The molecule has 1 unspecified atom stereocenters. The highest BCUT2D eigenvalue weighted by Crippen LogP contribution is 2.38. The van der Waals surface area contributed by atoms with Crippen molar-refractivity contribution in [1.82, 2.24) is 0 Å². The highest BCUT2D eigenvalue weighted by molar-refractivity contribution is 9.10. The summed E-state index contributed by atoms with van der Waals surface area (Å²) in [5.41, 5.74) is 6.71. The molecular formula is C16H15BrN2O3S. The Labute approximate surface area is 143 Å². The number of nitrogens with two attached hydrogens (primary N) is 1. The Morgan fingerprint density at radius 2 is 1.87 bits per heavy atom. The molecule has 0 aromatic heterocycles. The molecule has 0 saturated heterocycles. The fourth-order valence-corrected chi connectivity index (χ4v) is 3.65. The second-order valence-electron chi connectivity index (χ2n) is 5.41. The maximum Gasteiger partial charge on any atom is 0.283 e. The normalized spacial score (nSPS) is 20.9. The van der Waals surface area contributed by atoms with Crippen LogP contribution in [0.3, 0.4) is 0 Å². The molecule has 1 aliphatic heterocycles. The van der Waals surface area contributed by atoms with Crippen LogP contribution in [0.15, 0.2) is 62.9 Å². The van der Waals surface area contributed by atoms with Crippen LogP contribution < -0.4 is 5.73 Å². The van der Waals surface area contributed by atoms with Crippen molar-refractivity contribution < 1.29 is 13.2 Å².